The molecule has 5 nitrogen and oxygen atoms in total. The van der Waals surface area contributed by atoms with Crippen LogP contribution in [0.2, 0.25) is 0 Å². The third kappa shape index (κ3) is 2.24. The molecule has 1 aliphatic heterocycles. The molecule has 1 heterocycles. The first-order valence-corrected chi connectivity index (χ1v) is 11.7. The summed E-state index contributed by atoms with van der Waals surface area (Å²) < 4.78 is 11.7. The fraction of sp³-hybridized carbons (Fsp3) is 0.708. The molecule has 5 rings (SSSR count). The first-order chi connectivity index (χ1) is 14.1. The van der Waals surface area contributed by atoms with Crippen molar-refractivity contribution in [1.29, 1.82) is 0 Å². The van der Waals surface area contributed by atoms with Crippen LogP contribution in [0.4, 0.5) is 0 Å². The van der Waals surface area contributed by atoms with E-state index >= 15 is 0 Å². The highest BCUT2D eigenvalue weighted by Gasteiger charge is 2.72. The second kappa shape index (κ2) is 6.24. The summed E-state index contributed by atoms with van der Waals surface area (Å²) in [7, 11) is 0. The molecule has 0 saturated heterocycles. The standard InChI is InChI=1S/C24H30O5S/c1-5-18(26)29-24(21(27)30)12(2)10-16-14-7-6-13-11-17(25)19-20(28-19)23(13,4)15(14)8-9-22(16,24)3/h11-12,14-16H,5-10H2,1-4H3,(H,27,30)/t12-,14-,15+,16+,22+,23+,24+/m1/s1. The lowest BCUT2D eigenvalue weighted by Gasteiger charge is -2.57. The third-order valence-electron chi connectivity index (χ3n) is 9.38. The van der Waals surface area contributed by atoms with Crippen molar-refractivity contribution < 1.29 is 23.9 Å². The average molecular weight is 431 g/mol. The van der Waals surface area contributed by atoms with Crippen LogP contribution in [-0.4, -0.2) is 22.5 Å². The van der Waals surface area contributed by atoms with Gasteiger partial charge in [-0.25, -0.2) is 0 Å². The van der Waals surface area contributed by atoms with Crippen LogP contribution in [0.1, 0.15) is 66.2 Å². The molecule has 3 saturated carbocycles. The molecular weight excluding hydrogens is 400 g/mol. The molecule has 7 atom stereocenters. The molecule has 0 aromatic carbocycles. The largest absolute Gasteiger partial charge is 0.449 e. The first-order valence-electron chi connectivity index (χ1n) is 11.2. The summed E-state index contributed by atoms with van der Waals surface area (Å²) in [6.45, 7) is 8.18. The number of hydrogen-bond donors (Lipinski definition) is 1. The zero-order valence-corrected chi connectivity index (χ0v) is 19.0. The van der Waals surface area contributed by atoms with Gasteiger partial charge in [0, 0.05) is 17.8 Å². The van der Waals surface area contributed by atoms with Gasteiger partial charge < -0.3 is 9.47 Å². The lowest BCUT2D eigenvalue weighted by atomic mass is 9.47. The molecule has 0 bridgehead atoms. The maximum Gasteiger partial charge on any atom is 0.306 e. The van der Waals surface area contributed by atoms with Crippen molar-refractivity contribution >= 4 is 29.5 Å². The van der Waals surface area contributed by atoms with Crippen molar-refractivity contribution in [1.82, 2.24) is 0 Å². The van der Waals surface area contributed by atoms with Gasteiger partial charge in [0.25, 0.3) is 0 Å². The maximum absolute atomic E-state index is 12.9. The van der Waals surface area contributed by atoms with E-state index in [1.54, 1.807) is 13.0 Å². The normalized spacial score (nSPS) is 46.0. The number of hydrogen-bond acceptors (Lipinski definition) is 5. The highest BCUT2D eigenvalue weighted by atomic mass is 32.1. The van der Waals surface area contributed by atoms with Gasteiger partial charge in [0.15, 0.2) is 11.4 Å². The molecule has 5 aliphatic rings. The molecule has 0 aromatic heterocycles. The maximum atomic E-state index is 12.9. The molecule has 162 valence electrons. The molecule has 0 radical (unpaired) electrons. The van der Waals surface area contributed by atoms with Crippen molar-refractivity contribution in [2.45, 2.75) is 71.8 Å². The Balaban J connectivity index is 1.55. The van der Waals surface area contributed by atoms with Crippen LogP contribution >= 0.6 is 12.6 Å². The van der Waals surface area contributed by atoms with Crippen molar-refractivity contribution in [3.8, 4) is 0 Å². The van der Waals surface area contributed by atoms with Gasteiger partial charge in [-0.15, -0.1) is 12.6 Å². The van der Waals surface area contributed by atoms with Crippen LogP contribution in [0, 0.1) is 34.5 Å². The lowest BCUT2D eigenvalue weighted by Crippen LogP contribution is -2.59. The molecule has 0 spiro atoms. The highest BCUT2D eigenvalue weighted by molar-refractivity contribution is 7.96. The summed E-state index contributed by atoms with van der Waals surface area (Å²) in [6, 6.07) is 0. The Morgan fingerprint density at radius 2 is 2.00 bits per heavy atom. The monoisotopic (exact) mass is 430 g/mol. The molecule has 4 aliphatic carbocycles. The molecule has 0 amide bonds. The van der Waals surface area contributed by atoms with E-state index in [2.05, 4.69) is 26.5 Å². The summed E-state index contributed by atoms with van der Waals surface area (Å²) in [4.78, 5) is 37.5. The zero-order valence-electron chi connectivity index (χ0n) is 18.1. The van der Waals surface area contributed by atoms with Crippen LogP contribution in [0.25, 0.3) is 0 Å². The second-order valence-corrected chi connectivity index (χ2v) is 10.8. The summed E-state index contributed by atoms with van der Waals surface area (Å²) in [5, 5.41) is -0.318. The molecule has 0 unspecified atom stereocenters. The predicted octanol–water partition coefficient (Wildman–Crippen LogP) is 4.37. The van der Waals surface area contributed by atoms with Gasteiger partial charge in [-0.3, -0.25) is 14.4 Å². The van der Waals surface area contributed by atoms with Crippen molar-refractivity contribution in [2.24, 2.45) is 34.5 Å². The highest BCUT2D eigenvalue weighted by Crippen LogP contribution is 2.71. The number of fused-ring (bicyclic) bond motifs is 6. The fourth-order valence-electron chi connectivity index (χ4n) is 7.86. The SMILES string of the molecule is CCC(=O)O[C@]1(C(=O)S)[C@H](C)C[C@H]2[C@@H]3CCC4=CC(=O)C5=C(O5)[C@]4(C)[C@H]3CC[C@@]21C. The molecule has 0 aromatic rings. The molecule has 0 N–H and O–H groups in total. The van der Waals surface area contributed by atoms with E-state index in [4.69, 9.17) is 9.47 Å². The number of ether oxygens (including phenoxy) is 2. The summed E-state index contributed by atoms with van der Waals surface area (Å²) >= 11 is 4.27. The van der Waals surface area contributed by atoms with Crippen molar-refractivity contribution in [2.75, 3.05) is 0 Å². The number of thiol groups is 1. The Labute approximate surface area is 183 Å². The summed E-state index contributed by atoms with van der Waals surface area (Å²) in [6.07, 6.45) is 6.48. The van der Waals surface area contributed by atoms with E-state index in [0.717, 1.165) is 37.9 Å². The third-order valence-corrected chi connectivity index (χ3v) is 9.72. The summed E-state index contributed by atoms with van der Waals surface area (Å²) in [5.41, 5.74) is -0.610. The number of carbonyl (C=O) groups excluding carboxylic acids is 3. The number of carbonyl (C=O) groups is 3. The molecule has 3 fully saturated rings. The number of rotatable bonds is 3. The van der Waals surface area contributed by atoms with Crippen LogP contribution < -0.4 is 0 Å². The lowest BCUT2D eigenvalue weighted by molar-refractivity contribution is -0.190. The van der Waals surface area contributed by atoms with E-state index < -0.39 is 11.0 Å². The Morgan fingerprint density at radius 1 is 1.27 bits per heavy atom. The predicted molar refractivity (Wildman–Crippen MR) is 113 cm³/mol. The van der Waals surface area contributed by atoms with Gasteiger partial charge in [0.1, 0.15) is 0 Å². The Bertz CT molecular complexity index is 934. The Kier molecular flexibility index (Phi) is 4.23. The van der Waals surface area contributed by atoms with E-state index in [1.807, 2.05) is 6.92 Å². The molecule has 30 heavy (non-hydrogen) atoms. The van der Waals surface area contributed by atoms with Crippen LogP contribution in [0.3, 0.4) is 0 Å². The van der Waals surface area contributed by atoms with Gasteiger partial charge in [-0.05, 0) is 62.9 Å². The van der Waals surface area contributed by atoms with E-state index in [0.29, 0.717) is 17.6 Å². The van der Waals surface area contributed by atoms with Gasteiger partial charge in [0.2, 0.25) is 16.7 Å². The number of ketones is 1. The minimum Gasteiger partial charge on any atom is -0.449 e. The second-order valence-electron chi connectivity index (χ2n) is 10.4. The van der Waals surface area contributed by atoms with E-state index in [9.17, 15) is 14.4 Å². The van der Waals surface area contributed by atoms with Crippen molar-refractivity contribution in [3.63, 3.8) is 0 Å². The molecular formula is C24H30O5S. The quantitative estimate of drug-likeness (QED) is 0.532. The van der Waals surface area contributed by atoms with Crippen molar-refractivity contribution in [3.05, 3.63) is 23.2 Å². The Morgan fingerprint density at radius 3 is 2.67 bits per heavy atom. The zero-order chi connectivity index (χ0) is 21.6. The topological polar surface area (TPSA) is 73.0 Å². The minimum absolute atomic E-state index is 0.0113. The first kappa shape index (κ1) is 20.3. The Hall–Kier alpha value is -1.56. The van der Waals surface area contributed by atoms with Crippen LogP contribution in [-0.2, 0) is 23.9 Å². The smallest absolute Gasteiger partial charge is 0.306 e. The van der Waals surface area contributed by atoms with Gasteiger partial charge >= 0.3 is 5.97 Å². The number of esters is 1. The van der Waals surface area contributed by atoms with E-state index in [1.165, 1.54) is 5.57 Å². The minimum atomic E-state index is -1.17. The summed E-state index contributed by atoms with van der Waals surface area (Å²) in [5.74, 6) is 2.07. The fourth-order valence-corrected chi connectivity index (χ4v) is 8.38. The van der Waals surface area contributed by atoms with Crippen LogP contribution in [0.15, 0.2) is 23.2 Å². The number of allylic oxidation sites excluding steroid dienone is 2. The molecule has 6 heteroatoms. The average Bonchev–Trinajstić information content (AvgIpc) is 3.47. The van der Waals surface area contributed by atoms with Gasteiger partial charge in [-0.1, -0.05) is 26.3 Å². The van der Waals surface area contributed by atoms with E-state index in [-0.39, 0.29) is 40.5 Å². The van der Waals surface area contributed by atoms with Gasteiger partial charge in [0.05, 0.1) is 5.41 Å². The van der Waals surface area contributed by atoms with Crippen LogP contribution in [0.5, 0.6) is 0 Å². The van der Waals surface area contributed by atoms with Gasteiger partial charge in [-0.2, -0.15) is 0 Å².